The third-order valence-electron chi connectivity index (χ3n) is 5.61. The number of ether oxygens (including phenoxy) is 1. The molecule has 0 bridgehead atoms. The average molecular weight is 438 g/mol. The van der Waals surface area contributed by atoms with Crippen LogP contribution in [-0.4, -0.2) is 44.1 Å². The second kappa shape index (κ2) is 8.88. The van der Waals surface area contributed by atoms with Crippen molar-refractivity contribution in [1.82, 2.24) is 24.0 Å². The van der Waals surface area contributed by atoms with Crippen LogP contribution in [0.4, 0.5) is 0 Å². The molecule has 0 saturated heterocycles. The minimum atomic E-state index is -0.458. The normalized spacial score (nSPS) is 13.6. The summed E-state index contributed by atoms with van der Waals surface area (Å²) in [7, 11) is 3.19. The van der Waals surface area contributed by atoms with Crippen molar-refractivity contribution in [2.45, 2.75) is 26.4 Å². The number of allylic oxidation sites excluding steroid dienone is 3. The Hall–Kier alpha value is -3.59. The number of imidazole rings is 1. The van der Waals surface area contributed by atoms with Gasteiger partial charge in [0.15, 0.2) is 11.2 Å². The summed E-state index contributed by atoms with van der Waals surface area (Å²) in [5, 5.41) is 12.6. The van der Waals surface area contributed by atoms with Gasteiger partial charge in [-0.15, -0.1) is 0 Å². The van der Waals surface area contributed by atoms with Crippen molar-refractivity contribution in [3.05, 3.63) is 68.5 Å². The van der Waals surface area contributed by atoms with E-state index in [1.807, 2.05) is 47.9 Å². The van der Waals surface area contributed by atoms with Crippen LogP contribution in [0.15, 0.2) is 57.3 Å². The maximum absolute atomic E-state index is 13.4. The number of aliphatic hydroxyl groups excluding tert-OH is 1. The summed E-state index contributed by atoms with van der Waals surface area (Å²) in [4.78, 5) is 31.0. The van der Waals surface area contributed by atoms with Crippen LogP contribution in [0.1, 0.15) is 13.3 Å². The SMILES string of the molecule is COc1ccccc1-c1nc2c(c(=O)n(CCCO)c(=O)n2C)n1CC1=CC=C(C)CN1. The summed E-state index contributed by atoms with van der Waals surface area (Å²) in [6.45, 7) is 3.17. The number of hydrogen-bond acceptors (Lipinski definition) is 6. The van der Waals surface area contributed by atoms with Gasteiger partial charge in [-0.1, -0.05) is 23.8 Å². The molecule has 4 rings (SSSR count). The smallest absolute Gasteiger partial charge is 0.332 e. The van der Waals surface area contributed by atoms with Crippen molar-refractivity contribution >= 4 is 11.2 Å². The second-order valence-electron chi connectivity index (χ2n) is 7.83. The van der Waals surface area contributed by atoms with Crippen LogP contribution in [-0.2, 0) is 20.1 Å². The maximum Gasteiger partial charge on any atom is 0.332 e. The molecule has 0 fully saturated rings. The van der Waals surface area contributed by atoms with Crippen LogP contribution in [0.5, 0.6) is 5.75 Å². The molecule has 1 aliphatic rings. The second-order valence-corrected chi connectivity index (χ2v) is 7.83. The standard InChI is InChI=1S/C23H27N5O4/c1-15-9-10-16(24-13-15)14-28-19-21(25-20(28)17-7-4-5-8-18(17)32-3)26(2)23(31)27(22(19)30)11-6-12-29/h4-5,7-10,24,29H,6,11-14H2,1-3H3. The third-order valence-corrected chi connectivity index (χ3v) is 5.61. The van der Waals surface area contributed by atoms with E-state index in [0.29, 0.717) is 35.7 Å². The zero-order valence-corrected chi connectivity index (χ0v) is 18.5. The van der Waals surface area contributed by atoms with Crippen LogP contribution < -0.4 is 21.3 Å². The lowest BCUT2D eigenvalue weighted by molar-refractivity contribution is 0.277. The number of aromatic nitrogens is 4. The molecule has 0 atom stereocenters. The average Bonchev–Trinajstić information content (AvgIpc) is 3.18. The molecule has 0 amide bonds. The van der Waals surface area contributed by atoms with Crippen LogP contribution in [0.3, 0.4) is 0 Å². The Balaban J connectivity index is 2.02. The molecule has 2 N–H and O–H groups in total. The van der Waals surface area contributed by atoms with E-state index in [-0.39, 0.29) is 13.2 Å². The Labute approximate surface area is 184 Å². The molecule has 1 aliphatic heterocycles. The molecule has 9 nitrogen and oxygen atoms in total. The minimum absolute atomic E-state index is 0.109. The summed E-state index contributed by atoms with van der Waals surface area (Å²) in [6, 6.07) is 7.46. The van der Waals surface area contributed by atoms with E-state index in [0.717, 1.165) is 22.4 Å². The van der Waals surface area contributed by atoms with Crippen molar-refractivity contribution in [3.8, 4) is 17.1 Å². The lowest BCUT2D eigenvalue weighted by Crippen LogP contribution is -2.40. The van der Waals surface area contributed by atoms with Gasteiger partial charge in [-0.2, -0.15) is 0 Å². The molecule has 168 valence electrons. The van der Waals surface area contributed by atoms with Crippen molar-refractivity contribution in [2.75, 3.05) is 20.3 Å². The Morgan fingerprint density at radius 3 is 2.66 bits per heavy atom. The van der Waals surface area contributed by atoms with E-state index in [4.69, 9.17) is 9.72 Å². The highest BCUT2D eigenvalue weighted by molar-refractivity contribution is 5.79. The molecule has 32 heavy (non-hydrogen) atoms. The van der Waals surface area contributed by atoms with Crippen LogP contribution in [0.2, 0.25) is 0 Å². The number of benzene rings is 1. The molecule has 0 spiro atoms. The van der Waals surface area contributed by atoms with Crippen molar-refractivity contribution in [1.29, 1.82) is 0 Å². The molecule has 0 unspecified atom stereocenters. The van der Waals surface area contributed by atoms with E-state index in [1.165, 1.54) is 10.1 Å². The van der Waals surface area contributed by atoms with Gasteiger partial charge in [-0.05, 0) is 31.6 Å². The zero-order chi connectivity index (χ0) is 22.8. The first-order valence-corrected chi connectivity index (χ1v) is 10.5. The quantitative estimate of drug-likeness (QED) is 0.579. The topological polar surface area (TPSA) is 103 Å². The van der Waals surface area contributed by atoms with Gasteiger partial charge in [-0.3, -0.25) is 13.9 Å². The molecule has 2 aromatic heterocycles. The van der Waals surface area contributed by atoms with Crippen LogP contribution in [0.25, 0.3) is 22.6 Å². The lowest BCUT2D eigenvalue weighted by atomic mass is 10.1. The fraction of sp³-hybridized carbons (Fsp3) is 0.348. The molecular formula is C23H27N5O4. The maximum atomic E-state index is 13.4. The highest BCUT2D eigenvalue weighted by Gasteiger charge is 2.23. The number of nitrogens with zero attached hydrogens (tertiary/aromatic N) is 4. The first-order valence-electron chi connectivity index (χ1n) is 10.5. The number of methoxy groups -OCH3 is 1. The van der Waals surface area contributed by atoms with E-state index in [2.05, 4.69) is 5.32 Å². The van der Waals surface area contributed by atoms with Crippen molar-refractivity contribution in [2.24, 2.45) is 7.05 Å². The van der Waals surface area contributed by atoms with Crippen molar-refractivity contribution in [3.63, 3.8) is 0 Å². The summed E-state index contributed by atoms with van der Waals surface area (Å²) in [5.41, 5.74) is 2.63. The summed E-state index contributed by atoms with van der Waals surface area (Å²) < 4.78 is 9.92. The molecule has 9 heteroatoms. The molecular weight excluding hydrogens is 410 g/mol. The first kappa shape index (κ1) is 21.6. The fourth-order valence-electron chi connectivity index (χ4n) is 3.88. The van der Waals surface area contributed by atoms with E-state index >= 15 is 0 Å². The lowest BCUT2D eigenvalue weighted by Gasteiger charge is -2.18. The van der Waals surface area contributed by atoms with Gasteiger partial charge < -0.3 is 19.7 Å². The Morgan fingerprint density at radius 2 is 1.97 bits per heavy atom. The Bertz CT molecular complexity index is 1340. The number of hydrogen-bond donors (Lipinski definition) is 2. The number of rotatable bonds is 7. The molecule has 0 aliphatic carbocycles. The summed E-state index contributed by atoms with van der Waals surface area (Å²) >= 11 is 0. The Kier molecular flexibility index (Phi) is 6.00. The summed E-state index contributed by atoms with van der Waals surface area (Å²) in [6.07, 6.45) is 4.34. The van der Waals surface area contributed by atoms with Crippen LogP contribution >= 0.6 is 0 Å². The van der Waals surface area contributed by atoms with Gasteiger partial charge in [0.2, 0.25) is 0 Å². The highest BCUT2D eigenvalue weighted by atomic mass is 16.5. The molecule has 3 heterocycles. The van der Waals surface area contributed by atoms with E-state index < -0.39 is 11.2 Å². The molecule has 1 aromatic carbocycles. The number of para-hydroxylation sites is 1. The molecule has 3 aromatic rings. The number of aryl methyl sites for hydroxylation is 1. The monoisotopic (exact) mass is 437 g/mol. The predicted octanol–water partition coefficient (Wildman–Crippen LogP) is 1.39. The van der Waals surface area contributed by atoms with Gasteiger partial charge in [0.1, 0.15) is 11.6 Å². The zero-order valence-electron chi connectivity index (χ0n) is 18.5. The minimum Gasteiger partial charge on any atom is -0.496 e. The first-order chi connectivity index (χ1) is 15.5. The largest absolute Gasteiger partial charge is 0.496 e. The van der Waals surface area contributed by atoms with Gasteiger partial charge in [0.25, 0.3) is 5.56 Å². The van der Waals surface area contributed by atoms with Crippen molar-refractivity contribution < 1.29 is 9.84 Å². The van der Waals surface area contributed by atoms with Gasteiger partial charge in [-0.25, -0.2) is 9.78 Å². The Morgan fingerprint density at radius 1 is 1.19 bits per heavy atom. The van der Waals surface area contributed by atoms with E-state index in [9.17, 15) is 14.7 Å². The van der Waals surface area contributed by atoms with E-state index in [1.54, 1.807) is 14.2 Å². The number of fused-ring (bicyclic) bond motifs is 1. The van der Waals surface area contributed by atoms with Crippen LogP contribution in [0, 0.1) is 0 Å². The highest BCUT2D eigenvalue weighted by Crippen LogP contribution is 2.31. The third kappa shape index (κ3) is 3.75. The van der Waals surface area contributed by atoms with Gasteiger partial charge in [0, 0.05) is 32.4 Å². The predicted molar refractivity (Wildman–Crippen MR) is 123 cm³/mol. The number of aliphatic hydroxyl groups is 1. The fourth-order valence-corrected chi connectivity index (χ4v) is 3.88. The number of dihydropyridines is 1. The van der Waals surface area contributed by atoms with Gasteiger partial charge >= 0.3 is 5.69 Å². The number of nitrogens with one attached hydrogen (secondary N) is 1. The summed E-state index contributed by atoms with van der Waals surface area (Å²) in [5.74, 6) is 1.16. The molecule has 0 saturated carbocycles. The molecule has 0 radical (unpaired) electrons. The van der Waals surface area contributed by atoms with Gasteiger partial charge in [0.05, 0.1) is 19.2 Å².